The number of nitrogens with zero attached hydrogens (tertiary/aromatic N) is 1. The van der Waals surface area contributed by atoms with Gasteiger partial charge in [-0.25, -0.2) is 8.42 Å². The number of ether oxygens (including phenoxy) is 1. The number of alkyl halides is 3. The van der Waals surface area contributed by atoms with Crippen molar-refractivity contribution in [2.24, 2.45) is 5.92 Å². The summed E-state index contributed by atoms with van der Waals surface area (Å²) in [6.45, 7) is 2.04. The highest BCUT2D eigenvalue weighted by Gasteiger charge is 2.32. The third kappa shape index (κ3) is 6.31. The predicted molar refractivity (Wildman–Crippen MR) is 125 cm³/mol. The molecular weight excluding hydrogens is 487 g/mol. The normalized spacial score (nSPS) is 17.1. The van der Waals surface area contributed by atoms with Gasteiger partial charge in [0.2, 0.25) is 0 Å². The van der Waals surface area contributed by atoms with Crippen molar-refractivity contribution in [2.45, 2.75) is 24.2 Å². The molecule has 180 valence electrons. The first-order valence-electron chi connectivity index (χ1n) is 10.7. The lowest BCUT2D eigenvalue weighted by Crippen LogP contribution is -2.23. The molecule has 0 bridgehead atoms. The van der Waals surface area contributed by atoms with Crippen LogP contribution in [-0.2, 0) is 16.4 Å². The summed E-state index contributed by atoms with van der Waals surface area (Å²) in [4.78, 5) is 2.02. The highest BCUT2D eigenvalue weighted by Crippen LogP contribution is 2.30. The van der Waals surface area contributed by atoms with Crippen LogP contribution in [0.1, 0.15) is 12.0 Å². The van der Waals surface area contributed by atoms with Gasteiger partial charge in [-0.15, -0.1) is 13.2 Å². The maximum atomic E-state index is 12.8. The summed E-state index contributed by atoms with van der Waals surface area (Å²) < 4.78 is 66.8. The van der Waals surface area contributed by atoms with E-state index in [2.05, 4.69) is 9.64 Å². The average Bonchev–Trinajstić information content (AvgIpc) is 3.20. The Kier molecular flexibility index (Phi) is 7.21. The molecule has 34 heavy (non-hydrogen) atoms. The summed E-state index contributed by atoms with van der Waals surface area (Å²) in [5.74, 6) is -0.758. The lowest BCUT2D eigenvalue weighted by Gasteiger charge is -2.17. The SMILES string of the molecule is O=S(=O)(C[C@@H]1CCN(Cc2ccc(-c3ccccc3Cl)cc2)C1)c1cccc(OC(F)(F)F)c1. The van der Waals surface area contributed by atoms with Gasteiger partial charge in [0.25, 0.3) is 0 Å². The van der Waals surface area contributed by atoms with Gasteiger partial charge in [0.1, 0.15) is 5.75 Å². The van der Waals surface area contributed by atoms with E-state index in [0.29, 0.717) is 24.5 Å². The summed E-state index contributed by atoms with van der Waals surface area (Å²) in [7, 11) is -3.74. The Bertz CT molecular complexity index is 1250. The minimum absolute atomic E-state index is 0.0976. The second-order valence-electron chi connectivity index (χ2n) is 8.37. The van der Waals surface area contributed by atoms with Crippen molar-refractivity contribution in [3.8, 4) is 16.9 Å². The Morgan fingerprint density at radius 2 is 1.74 bits per heavy atom. The third-order valence-electron chi connectivity index (χ3n) is 5.77. The Hall–Kier alpha value is -2.55. The molecule has 0 spiro atoms. The van der Waals surface area contributed by atoms with E-state index < -0.39 is 21.9 Å². The van der Waals surface area contributed by atoms with Crippen molar-refractivity contribution in [1.29, 1.82) is 0 Å². The molecule has 0 aromatic heterocycles. The van der Waals surface area contributed by atoms with Crippen molar-refractivity contribution in [3.05, 3.63) is 83.4 Å². The monoisotopic (exact) mass is 509 g/mol. The zero-order valence-electron chi connectivity index (χ0n) is 18.1. The first kappa shape index (κ1) is 24.6. The maximum Gasteiger partial charge on any atom is 0.573 e. The number of sulfone groups is 1. The summed E-state index contributed by atoms with van der Waals surface area (Å²) in [5, 5.41) is 0.689. The van der Waals surface area contributed by atoms with Crippen molar-refractivity contribution >= 4 is 21.4 Å². The van der Waals surface area contributed by atoms with Gasteiger partial charge >= 0.3 is 6.36 Å². The fourth-order valence-electron chi connectivity index (χ4n) is 4.21. The number of benzene rings is 3. The lowest BCUT2D eigenvalue weighted by molar-refractivity contribution is -0.274. The van der Waals surface area contributed by atoms with E-state index in [1.807, 2.05) is 48.5 Å². The van der Waals surface area contributed by atoms with Gasteiger partial charge in [0.05, 0.1) is 10.6 Å². The molecule has 9 heteroatoms. The van der Waals surface area contributed by atoms with Crippen molar-refractivity contribution in [2.75, 3.05) is 18.8 Å². The fourth-order valence-corrected chi connectivity index (χ4v) is 6.12. The van der Waals surface area contributed by atoms with Crippen molar-refractivity contribution < 1.29 is 26.3 Å². The molecule has 0 unspecified atom stereocenters. The highest BCUT2D eigenvalue weighted by molar-refractivity contribution is 7.91. The molecule has 1 fully saturated rings. The van der Waals surface area contributed by atoms with Crippen molar-refractivity contribution in [1.82, 2.24) is 4.90 Å². The quantitative estimate of drug-likeness (QED) is 0.380. The molecule has 1 aliphatic rings. The van der Waals surface area contributed by atoms with E-state index in [1.165, 1.54) is 12.1 Å². The minimum atomic E-state index is -4.88. The standard InChI is InChI=1S/C25H23ClF3NO3S/c26-24-7-2-1-6-23(24)20-10-8-18(9-11-20)15-30-13-12-19(16-30)17-34(31,32)22-5-3-4-21(14-22)33-25(27,28)29/h1-11,14,19H,12-13,15-17H2/t19-/m1/s1. The largest absolute Gasteiger partial charge is 0.573 e. The minimum Gasteiger partial charge on any atom is -0.406 e. The van der Waals surface area contributed by atoms with Crippen LogP contribution in [0.5, 0.6) is 5.75 Å². The molecule has 0 radical (unpaired) electrons. The van der Waals surface area contributed by atoms with Gasteiger partial charge in [-0.2, -0.15) is 0 Å². The second-order valence-corrected chi connectivity index (χ2v) is 10.8. The van der Waals surface area contributed by atoms with Crippen molar-refractivity contribution in [3.63, 3.8) is 0 Å². The molecule has 3 aromatic rings. The molecule has 1 saturated heterocycles. The van der Waals surface area contributed by atoms with E-state index in [4.69, 9.17) is 11.6 Å². The highest BCUT2D eigenvalue weighted by atomic mass is 35.5. The molecule has 1 aliphatic heterocycles. The molecule has 0 amide bonds. The zero-order valence-corrected chi connectivity index (χ0v) is 19.7. The van der Waals surface area contributed by atoms with E-state index in [0.717, 1.165) is 35.4 Å². The number of hydrogen-bond acceptors (Lipinski definition) is 4. The van der Waals surface area contributed by atoms with Crippen LogP contribution in [-0.4, -0.2) is 38.5 Å². The molecule has 1 atom stereocenters. The number of halogens is 4. The molecule has 3 aromatic carbocycles. The van der Waals surface area contributed by atoms with Gasteiger partial charge in [-0.05, 0) is 54.3 Å². The molecule has 1 heterocycles. The van der Waals surface area contributed by atoms with Crippen LogP contribution in [0.3, 0.4) is 0 Å². The zero-order chi connectivity index (χ0) is 24.3. The Labute approximate surface area is 201 Å². The third-order valence-corrected chi connectivity index (χ3v) is 7.98. The van der Waals surface area contributed by atoms with Crippen LogP contribution in [0.15, 0.2) is 77.7 Å². The summed E-state index contributed by atoms with van der Waals surface area (Å²) >= 11 is 6.27. The van der Waals surface area contributed by atoms with Crippen LogP contribution < -0.4 is 4.74 Å². The van der Waals surface area contributed by atoms with E-state index >= 15 is 0 Å². The predicted octanol–water partition coefficient (Wildman–Crippen LogP) is 6.20. The lowest BCUT2D eigenvalue weighted by atomic mass is 10.0. The summed E-state index contributed by atoms with van der Waals surface area (Å²) in [5.41, 5.74) is 3.10. The van der Waals surface area contributed by atoms with E-state index in [9.17, 15) is 21.6 Å². The van der Waals surface area contributed by atoms with Crippen LogP contribution in [0.4, 0.5) is 13.2 Å². The first-order valence-corrected chi connectivity index (χ1v) is 12.8. The van der Waals surface area contributed by atoms with E-state index in [-0.39, 0.29) is 16.6 Å². The fraction of sp³-hybridized carbons (Fsp3) is 0.280. The van der Waals surface area contributed by atoms with Crippen LogP contribution in [0.25, 0.3) is 11.1 Å². The smallest absolute Gasteiger partial charge is 0.406 e. The molecule has 0 N–H and O–H groups in total. The number of hydrogen-bond donors (Lipinski definition) is 0. The van der Waals surface area contributed by atoms with E-state index in [1.54, 1.807) is 0 Å². The summed E-state index contributed by atoms with van der Waals surface area (Å²) in [6, 6.07) is 20.3. The Morgan fingerprint density at radius 3 is 2.44 bits per heavy atom. The van der Waals surface area contributed by atoms with Gasteiger partial charge in [0.15, 0.2) is 9.84 Å². The van der Waals surface area contributed by atoms with Gasteiger partial charge in [0, 0.05) is 23.7 Å². The maximum absolute atomic E-state index is 12.8. The first-order chi connectivity index (χ1) is 16.1. The topological polar surface area (TPSA) is 46.6 Å². The molecule has 0 saturated carbocycles. The van der Waals surface area contributed by atoms with Crippen LogP contribution in [0, 0.1) is 5.92 Å². The van der Waals surface area contributed by atoms with Crippen LogP contribution in [0.2, 0.25) is 5.02 Å². The molecule has 0 aliphatic carbocycles. The van der Waals surface area contributed by atoms with Gasteiger partial charge in [-0.1, -0.05) is 60.1 Å². The Morgan fingerprint density at radius 1 is 1.00 bits per heavy atom. The molecular formula is C25H23ClF3NO3S. The average molecular weight is 510 g/mol. The molecule has 4 rings (SSSR count). The van der Waals surface area contributed by atoms with Gasteiger partial charge < -0.3 is 4.74 Å². The number of likely N-dealkylation sites (tertiary alicyclic amines) is 1. The molecule has 4 nitrogen and oxygen atoms in total. The second kappa shape index (κ2) is 9.98. The Balaban J connectivity index is 1.36. The van der Waals surface area contributed by atoms with Crippen LogP contribution >= 0.6 is 11.6 Å². The summed E-state index contributed by atoms with van der Waals surface area (Å²) in [6.07, 6.45) is -4.17. The van der Waals surface area contributed by atoms with Gasteiger partial charge in [-0.3, -0.25) is 4.90 Å². The number of rotatable bonds is 7.